The lowest BCUT2D eigenvalue weighted by Crippen LogP contribution is -2.48. The first-order chi connectivity index (χ1) is 14.6. The van der Waals surface area contributed by atoms with E-state index in [0.29, 0.717) is 13.1 Å². The van der Waals surface area contributed by atoms with Gasteiger partial charge in [0.25, 0.3) is 0 Å². The van der Waals surface area contributed by atoms with E-state index in [0.717, 1.165) is 35.4 Å². The SMILES string of the molecule is COc1ccc2ccccc2c1CN1CCN(C(=O)OCc2cccc(Br)c2)CC1. The molecule has 0 aromatic heterocycles. The summed E-state index contributed by atoms with van der Waals surface area (Å²) in [6.07, 6.45) is -0.252. The smallest absolute Gasteiger partial charge is 0.410 e. The van der Waals surface area contributed by atoms with Crippen LogP contribution in [0.1, 0.15) is 11.1 Å². The highest BCUT2D eigenvalue weighted by Gasteiger charge is 2.23. The van der Waals surface area contributed by atoms with Crippen molar-refractivity contribution in [1.82, 2.24) is 9.80 Å². The van der Waals surface area contributed by atoms with Crippen LogP contribution in [0.2, 0.25) is 0 Å². The van der Waals surface area contributed by atoms with Crippen LogP contribution in [0.15, 0.2) is 65.1 Å². The zero-order chi connectivity index (χ0) is 20.9. The van der Waals surface area contributed by atoms with Crippen LogP contribution >= 0.6 is 15.9 Å². The van der Waals surface area contributed by atoms with E-state index in [1.807, 2.05) is 30.3 Å². The molecular weight excluding hydrogens is 444 g/mol. The molecule has 0 N–H and O–H groups in total. The molecule has 156 valence electrons. The molecule has 1 heterocycles. The number of hydrogen-bond acceptors (Lipinski definition) is 4. The van der Waals surface area contributed by atoms with Gasteiger partial charge in [0.2, 0.25) is 0 Å². The molecule has 1 aliphatic heterocycles. The molecule has 4 rings (SSSR count). The number of fused-ring (bicyclic) bond motifs is 1. The van der Waals surface area contributed by atoms with Gasteiger partial charge in [-0.15, -0.1) is 0 Å². The number of amides is 1. The van der Waals surface area contributed by atoms with Crippen LogP contribution in [0.25, 0.3) is 10.8 Å². The largest absolute Gasteiger partial charge is 0.496 e. The van der Waals surface area contributed by atoms with E-state index in [2.05, 4.69) is 51.2 Å². The van der Waals surface area contributed by atoms with Gasteiger partial charge in [0.1, 0.15) is 12.4 Å². The summed E-state index contributed by atoms with van der Waals surface area (Å²) in [6, 6.07) is 20.3. The van der Waals surface area contributed by atoms with Gasteiger partial charge in [0, 0.05) is 42.8 Å². The van der Waals surface area contributed by atoms with E-state index >= 15 is 0 Å². The molecule has 3 aromatic carbocycles. The molecule has 0 bridgehead atoms. The first-order valence-electron chi connectivity index (χ1n) is 10.1. The minimum atomic E-state index is -0.252. The summed E-state index contributed by atoms with van der Waals surface area (Å²) in [5, 5.41) is 2.43. The highest BCUT2D eigenvalue weighted by Crippen LogP contribution is 2.29. The van der Waals surface area contributed by atoms with E-state index in [9.17, 15) is 4.79 Å². The molecule has 6 heteroatoms. The second-order valence-electron chi connectivity index (χ2n) is 7.42. The number of methoxy groups -OCH3 is 1. The molecule has 1 fully saturated rings. The Labute approximate surface area is 185 Å². The molecule has 0 atom stereocenters. The fraction of sp³-hybridized carbons (Fsp3) is 0.292. The van der Waals surface area contributed by atoms with Gasteiger partial charge in [-0.3, -0.25) is 4.90 Å². The number of piperazine rings is 1. The maximum Gasteiger partial charge on any atom is 0.410 e. The summed E-state index contributed by atoms with van der Waals surface area (Å²) < 4.78 is 12.1. The zero-order valence-corrected chi connectivity index (χ0v) is 18.6. The van der Waals surface area contributed by atoms with Crippen molar-refractivity contribution in [2.45, 2.75) is 13.2 Å². The maximum absolute atomic E-state index is 12.5. The van der Waals surface area contributed by atoms with Crippen LogP contribution in [0.3, 0.4) is 0 Å². The minimum absolute atomic E-state index is 0.252. The first-order valence-corrected chi connectivity index (χ1v) is 10.9. The van der Waals surface area contributed by atoms with E-state index in [-0.39, 0.29) is 12.7 Å². The van der Waals surface area contributed by atoms with Gasteiger partial charge in [0.05, 0.1) is 7.11 Å². The molecule has 0 aliphatic carbocycles. The van der Waals surface area contributed by atoms with Crippen molar-refractivity contribution in [3.05, 3.63) is 76.3 Å². The lowest BCUT2D eigenvalue weighted by Gasteiger charge is -2.34. The molecule has 1 saturated heterocycles. The normalized spacial score (nSPS) is 14.7. The maximum atomic E-state index is 12.5. The van der Waals surface area contributed by atoms with Gasteiger partial charge in [-0.2, -0.15) is 0 Å². The molecule has 30 heavy (non-hydrogen) atoms. The highest BCUT2D eigenvalue weighted by molar-refractivity contribution is 9.10. The number of benzene rings is 3. The summed E-state index contributed by atoms with van der Waals surface area (Å²) >= 11 is 3.44. The first kappa shape index (κ1) is 20.7. The van der Waals surface area contributed by atoms with Crippen LogP contribution < -0.4 is 4.74 Å². The number of carbonyl (C=O) groups excluding carboxylic acids is 1. The third-order valence-corrected chi connectivity index (χ3v) is 5.97. The molecule has 0 unspecified atom stereocenters. The van der Waals surface area contributed by atoms with Gasteiger partial charge in [-0.05, 0) is 34.5 Å². The van der Waals surface area contributed by atoms with Crippen molar-refractivity contribution in [1.29, 1.82) is 0 Å². The van der Waals surface area contributed by atoms with E-state index < -0.39 is 0 Å². The van der Waals surface area contributed by atoms with Gasteiger partial charge in [-0.1, -0.05) is 58.4 Å². The van der Waals surface area contributed by atoms with E-state index in [1.54, 1.807) is 12.0 Å². The topological polar surface area (TPSA) is 42.0 Å². The average molecular weight is 469 g/mol. The van der Waals surface area contributed by atoms with E-state index in [1.165, 1.54) is 16.3 Å². The van der Waals surface area contributed by atoms with Crippen LogP contribution in [0, 0.1) is 0 Å². The van der Waals surface area contributed by atoms with Crippen molar-refractivity contribution < 1.29 is 14.3 Å². The quantitative estimate of drug-likeness (QED) is 0.524. The minimum Gasteiger partial charge on any atom is -0.496 e. The molecular formula is C24H25BrN2O3. The average Bonchev–Trinajstić information content (AvgIpc) is 2.78. The second-order valence-corrected chi connectivity index (χ2v) is 8.33. The standard InChI is InChI=1S/C24H25BrN2O3/c1-29-23-10-9-19-6-2-3-8-21(19)22(23)16-26-11-13-27(14-12-26)24(28)30-17-18-5-4-7-20(25)15-18/h2-10,15H,11-14,16-17H2,1H3. The van der Waals surface area contributed by atoms with Gasteiger partial charge < -0.3 is 14.4 Å². The Bertz CT molecular complexity index is 1030. The number of carbonyl (C=O) groups is 1. The highest BCUT2D eigenvalue weighted by atomic mass is 79.9. The van der Waals surface area contributed by atoms with E-state index in [4.69, 9.17) is 9.47 Å². The lowest BCUT2D eigenvalue weighted by atomic mass is 10.0. The summed E-state index contributed by atoms with van der Waals surface area (Å²) in [6.45, 7) is 4.00. The number of halogens is 1. The van der Waals surface area contributed by atoms with Crippen molar-refractivity contribution in [2.24, 2.45) is 0 Å². The molecule has 3 aromatic rings. The van der Waals surface area contributed by atoms with Crippen LogP contribution in [-0.2, 0) is 17.9 Å². The third-order valence-electron chi connectivity index (χ3n) is 5.48. The van der Waals surface area contributed by atoms with Crippen molar-refractivity contribution >= 4 is 32.8 Å². The number of ether oxygens (including phenoxy) is 2. The van der Waals surface area contributed by atoms with Gasteiger partial charge >= 0.3 is 6.09 Å². The molecule has 1 aliphatic rings. The Hall–Kier alpha value is -2.57. The molecule has 0 spiro atoms. The molecule has 5 nitrogen and oxygen atoms in total. The Morgan fingerprint density at radius 2 is 1.80 bits per heavy atom. The molecule has 0 radical (unpaired) electrons. The number of rotatable bonds is 5. The molecule has 1 amide bonds. The summed E-state index contributed by atoms with van der Waals surface area (Å²) in [4.78, 5) is 16.6. The number of nitrogens with zero attached hydrogens (tertiary/aromatic N) is 2. The third kappa shape index (κ3) is 4.77. The Kier molecular flexibility index (Phi) is 6.55. The van der Waals surface area contributed by atoms with Crippen LogP contribution in [0.4, 0.5) is 4.79 Å². The van der Waals surface area contributed by atoms with Crippen LogP contribution in [0.5, 0.6) is 5.75 Å². The Balaban J connectivity index is 1.35. The molecule has 0 saturated carbocycles. The van der Waals surface area contributed by atoms with Crippen molar-refractivity contribution in [3.8, 4) is 5.75 Å². The van der Waals surface area contributed by atoms with Gasteiger partial charge in [-0.25, -0.2) is 4.79 Å². The fourth-order valence-electron chi connectivity index (χ4n) is 3.85. The van der Waals surface area contributed by atoms with Crippen molar-refractivity contribution in [3.63, 3.8) is 0 Å². The van der Waals surface area contributed by atoms with Crippen LogP contribution in [-0.4, -0.2) is 49.2 Å². The summed E-state index contributed by atoms with van der Waals surface area (Å²) in [7, 11) is 1.72. The Morgan fingerprint density at radius 1 is 1.00 bits per heavy atom. The van der Waals surface area contributed by atoms with Crippen molar-refractivity contribution in [2.75, 3.05) is 33.3 Å². The predicted octanol–water partition coefficient (Wildman–Crippen LogP) is 5.07. The monoisotopic (exact) mass is 468 g/mol. The summed E-state index contributed by atoms with van der Waals surface area (Å²) in [5.74, 6) is 0.907. The van der Waals surface area contributed by atoms with Gasteiger partial charge in [0.15, 0.2) is 0 Å². The zero-order valence-electron chi connectivity index (χ0n) is 17.0. The Morgan fingerprint density at radius 3 is 2.57 bits per heavy atom. The summed E-state index contributed by atoms with van der Waals surface area (Å²) in [5.41, 5.74) is 2.17. The predicted molar refractivity (Wildman–Crippen MR) is 122 cm³/mol. The second kappa shape index (κ2) is 9.49. The fourth-order valence-corrected chi connectivity index (χ4v) is 4.29. The number of hydrogen-bond donors (Lipinski definition) is 0. The lowest BCUT2D eigenvalue weighted by molar-refractivity contribution is 0.0699.